The number of likely N-dealkylation sites (tertiary alicyclic amines) is 1. The molecule has 0 radical (unpaired) electrons. The molecule has 5 rings (SSSR count). The Balaban J connectivity index is 1.34. The molecule has 10 heteroatoms. The van der Waals surface area contributed by atoms with Crippen molar-refractivity contribution in [2.24, 2.45) is 5.92 Å². The van der Waals surface area contributed by atoms with Crippen LogP contribution in [-0.2, 0) is 6.42 Å². The lowest BCUT2D eigenvalue weighted by Crippen LogP contribution is -2.48. The number of nitrogens with zero attached hydrogens (tertiary/aromatic N) is 3. The predicted octanol–water partition coefficient (Wildman–Crippen LogP) is 3.96. The summed E-state index contributed by atoms with van der Waals surface area (Å²) in [6, 6.07) is 2.99. The summed E-state index contributed by atoms with van der Waals surface area (Å²) in [5.74, 6) is -1.21. The van der Waals surface area contributed by atoms with Crippen molar-refractivity contribution < 1.29 is 26.7 Å². The average Bonchev–Trinajstić information content (AvgIpc) is 3.22. The molecule has 2 heterocycles. The van der Waals surface area contributed by atoms with Gasteiger partial charge in [-0.05, 0) is 50.3 Å². The van der Waals surface area contributed by atoms with Crippen molar-refractivity contribution in [1.29, 1.82) is 0 Å². The van der Waals surface area contributed by atoms with Gasteiger partial charge in [-0.2, -0.15) is 18.3 Å². The molecule has 1 aliphatic heterocycles. The lowest BCUT2D eigenvalue weighted by molar-refractivity contribution is -0.138. The number of benzene rings is 1. The molecule has 3 aliphatic rings. The van der Waals surface area contributed by atoms with Gasteiger partial charge in [0.05, 0.1) is 12.1 Å². The van der Waals surface area contributed by atoms with E-state index in [1.807, 2.05) is 0 Å². The number of carbonyl (C=O) groups is 1. The number of hydrogen-bond acceptors (Lipinski definition) is 3. The Bertz CT molecular complexity index is 1050. The van der Waals surface area contributed by atoms with E-state index < -0.39 is 30.1 Å². The Hall–Kier alpha value is -2.49. The van der Waals surface area contributed by atoms with Gasteiger partial charge in [0, 0.05) is 36.7 Å². The molecule has 0 unspecified atom stereocenters. The summed E-state index contributed by atoms with van der Waals surface area (Å²) >= 11 is 0. The van der Waals surface area contributed by atoms with Crippen LogP contribution in [0.25, 0.3) is 5.69 Å². The van der Waals surface area contributed by atoms with Crippen molar-refractivity contribution in [3.8, 4) is 5.69 Å². The van der Waals surface area contributed by atoms with Gasteiger partial charge >= 0.3 is 6.18 Å². The lowest BCUT2D eigenvalue weighted by atomic mass is 10.0. The van der Waals surface area contributed by atoms with Gasteiger partial charge in [0.2, 0.25) is 0 Å². The van der Waals surface area contributed by atoms with E-state index in [1.54, 1.807) is 4.90 Å². The number of hydrogen-bond donors (Lipinski definition) is 1. The zero-order valence-electron chi connectivity index (χ0n) is 17.3. The Morgan fingerprint density at radius 3 is 2.81 bits per heavy atom. The van der Waals surface area contributed by atoms with Crippen LogP contribution in [-0.4, -0.2) is 52.4 Å². The first kappa shape index (κ1) is 21.4. The van der Waals surface area contributed by atoms with E-state index in [0.717, 1.165) is 29.8 Å². The standard InChI is InChI=1S/C22H23F5N4O/c23-13-3-4-18(17(24)10-13)31-20-15-8-12(15)9-16(20)19(29-31)21(32)28-14-2-1-6-30(11-14)7-5-22(25,26)27/h3-4,10,12,14-15H,1-2,5-9,11H2,(H,28,32)/t12-,14+,15-/m1/s1. The number of piperidine rings is 1. The van der Waals surface area contributed by atoms with Gasteiger partial charge in [-0.25, -0.2) is 13.5 Å². The molecular formula is C22H23F5N4O. The van der Waals surface area contributed by atoms with Crippen molar-refractivity contribution in [2.75, 3.05) is 19.6 Å². The van der Waals surface area contributed by atoms with Gasteiger partial charge in [-0.1, -0.05) is 0 Å². The molecule has 0 spiro atoms. The summed E-state index contributed by atoms with van der Waals surface area (Å²) in [6.45, 7) is 0.829. The first-order chi connectivity index (χ1) is 15.2. The summed E-state index contributed by atoms with van der Waals surface area (Å²) in [4.78, 5) is 14.8. The number of rotatable bonds is 5. The largest absolute Gasteiger partial charge is 0.390 e. The fourth-order valence-corrected chi connectivity index (χ4v) is 5.05. The first-order valence-corrected chi connectivity index (χ1v) is 10.9. The first-order valence-electron chi connectivity index (χ1n) is 10.9. The van der Waals surface area contributed by atoms with Gasteiger partial charge in [-0.3, -0.25) is 4.79 Å². The minimum absolute atomic E-state index is 0.0902. The van der Waals surface area contributed by atoms with E-state index in [2.05, 4.69) is 10.4 Å². The van der Waals surface area contributed by atoms with E-state index >= 15 is 0 Å². The van der Waals surface area contributed by atoms with Crippen LogP contribution in [0.1, 0.15) is 53.3 Å². The number of fused-ring (bicyclic) bond motifs is 3. The third kappa shape index (κ3) is 4.12. The third-order valence-electron chi connectivity index (χ3n) is 6.67. The Morgan fingerprint density at radius 2 is 2.06 bits per heavy atom. The van der Waals surface area contributed by atoms with Gasteiger partial charge < -0.3 is 10.2 Å². The molecule has 0 bridgehead atoms. The summed E-state index contributed by atoms with van der Waals surface area (Å²) in [7, 11) is 0. The van der Waals surface area contributed by atoms with Crippen molar-refractivity contribution in [3.63, 3.8) is 0 Å². The van der Waals surface area contributed by atoms with Crippen LogP contribution in [0.3, 0.4) is 0 Å². The fourth-order valence-electron chi connectivity index (χ4n) is 5.05. The van der Waals surface area contributed by atoms with Crippen LogP contribution < -0.4 is 5.32 Å². The topological polar surface area (TPSA) is 50.2 Å². The second kappa shape index (κ2) is 7.83. The van der Waals surface area contributed by atoms with Crippen molar-refractivity contribution >= 4 is 5.91 Å². The summed E-state index contributed by atoms with van der Waals surface area (Å²) < 4.78 is 66.9. The molecule has 1 saturated carbocycles. The molecule has 5 nitrogen and oxygen atoms in total. The SMILES string of the molecule is O=C(N[C@H]1CCCN(CCC(F)(F)F)C1)c1nn(-c2ccc(F)cc2F)c2c1C[C@H]1C[C@@H]21. The maximum Gasteiger partial charge on any atom is 0.390 e. The van der Waals surface area contributed by atoms with Gasteiger partial charge in [-0.15, -0.1) is 0 Å². The molecule has 3 atom stereocenters. The Morgan fingerprint density at radius 1 is 1.25 bits per heavy atom. The highest BCUT2D eigenvalue weighted by Gasteiger charge is 2.50. The highest BCUT2D eigenvalue weighted by molar-refractivity contribution is 5.94. The van der Waals surface area contributed by atoms with E-state index in [1.165, 1.54) is 10.7 Å². The highest BCUT2D eigenvalue weighted by Crippen LogP contribution is 2.57. The molecule has 2 aromatic rings. The van der Waals surface area contributed by atoms with Crippen LogP contribution in [0.2, 0.25) is 0 Å². The number of aromatic nitrogens is 2. The maximum atomic E-state index is 14.4. The monoisotopic (exact) mass is 454 g/mol. The molecule has 2 fully saturated rings. The zero-order chi connectivity index (χ0) is 22.6. The van der Waals surface area contributed by atoms with E-state index in [9.17, 15) is 26.7 Å². The number of amides is 1. The second-order valence-corrected chi connectivity index (χ2v) is 9.00. The maximum absolute atomic E-state index is 14.4. The van der Waals surface area contributed by atoms with E-state index in [-0.39, 0.29) is 29.9 Å². The normalized spacial score (nSPS) is 24.8. The van der Waals surface area contributed by atoms with Gasteiger partial charge in [0.25, 0.3) is 5.91 Å². The average molecular weight is 454 g/mol. The number of nitrogens with one attached hydrogen (secondary N) is 1. The molecule has 2 aliphatic carbocycles. The molecule has 1 aromatic carbocycles. The molecule has 1 aromatic heterocycles. The minimum Gasteiger partial charge on any atom is -0.347 e. The molecule has 1 amide bonds. The highest BCUT2D eigenvalue weighted by atomic mass is 19.4. The molecule has 32 heavy (non-hydrogen) atoms. The summed E-state index contributed by atoms with van der Waals surface area (Å²) in [5, 5.41) is 7.32. The van der Waals surface area contributed by atoms with Crippen LogP contribution >= 0.6 is 0 Å². The van der Waals surface area contributed by atoms with Gasteiger partial charge in [0.15, 0.2) is 11.5 Å². The van der Waals surface area contributed by atoms with Crippen LogP contribution in [0.15, 0.2) is 18.2 Å². The van der Waals surface area contributed by atoms with Crippen molar-refractivity contribution in [3.05, 3.63) is 46.8 Å². The Kier molecular flexibility index (Phi) is 5.22. The van der Waals surface area contributed by atoms with Crippen LogP contribution in [0.4, 0.5) is 22.0 Å². The molecule has 1 saturated heterocycles. The lowest BCUT2D eigenvalue weighted by Gasteiger charge is -2.33. The molecule has 1 N–H and O–H groups in total. The number of carbonyl (C=O) groups excluding carboxylic acids is 1. The number of alkyl halides is 3. The fraction of sp³-hybridized carbons (Fsp3) is 0.545. The van der Waals surface area contributed by atoms with Crippen LogP contribution in [0, 0.1) is 17.6 Å². The summed E-state index contributed by atoms with van der Waals surface area (Å²) in [6.07, 6.45) is -2.07. The van der Waals surface area contributed by atoms with E-state index in [0.29, 0.717) is 38.3 Å². The predicted molar refractivity (Wildman–Crippen MR) is 106 cm³/mol. The van der Waals surface area contributed by atoms with Gasteiger partial charge in [0.1, 0.15) is 11.5 Å². The number of halogens is 5. The minimum atomic E-state index is -4.21. The molecule has 172 valence electrons. The van der Waals surface area contributed by atoms with E-state index in [4.69, 9.17) is 0 Å². The van der Waals surface area contributed by atoms with Crippen LogP contribution in [0.5, 0.6) is 0 Å². The quantitative estimate of drug-likeness (QED) is 0.696. The summed E-state index contributed by atoms with van der Waals surface area (Å²) in [5.41, 5.74) is 1.92. The molecular weight excluding hydrogens is 431 g/mol. The smallest absolute Gasteiger partial charge is 0.347 e. The Labute approximate surface area is 181 Å². The third-order valence-corrected chi connectivity index (χ3v) is 6.67. The van der Waals surface area contributed by atoms with Crippen molar-refractivity contribution in [1.82, 2.24) is 20.0 Å². The zero-order valence-corrected chi connectivity index (χ0v) is 17.3. The second-order valence-electron chi connectivity index (χ2n) is 9.00. The van der Waals surface area contributed by atoms with Crippen molar-refractivity contribution in [2.45, 2.75) is 50.2 Å².